The largest absolute Gasteiger partial charge is 0.492 e. The van der Waals surface area contributed by atoms with E-state index in [2.05, 4.69) is 5.32 Å². The summed E-state index contributed by atoms with van der Waals surface area (Å²) in [5.41, 5.74) is -0.729. The lowest BCUT2D eigenvalue weighted by Gasteiger charge is -2.36. The third-order valence-electron chi connectivity index (χ3n) is 4.55. The fraction of sp³-hybridized carbons (Fsp3) is 0.529. The molecule has 0 radical (unpaired) electrons. The van der Waals surface area contributed by atoms with Gasteiger partial charge in [0.25, 0.3) is 0 Å². The summed E-state index contributed by atoms with van der Waals surface area (Å²) < 4.78 is 31.4. The van der Waals surface area contributed by atoms with Crippen molar-refractivity contribution in [1.29, 1.82) is 0 Å². The van der Waals surface area contributed by atoms with Crippen molar-refractivity contribution >= 4 is 27.6 Å². The Morgan fingerprint density at radius 3 is 2.42 bits per heavy atom. The molecule has 1 aromatic rings. The second-order valence-corrected chi connectivity index (χ2v) is 8.67. The van der Waals surface area contributed by atoms with E-state index in [9.17, 15) is 23.1 Å². The van der Waals surface area contributed by atoms with Crippen LogP contribution < -0.4 is 10.1 Å². The average molecular weight is 384 g/mol. The lowest BCUT2D eigenvalue weighted by molar-refractivity contribution is -0.157. The topological polar surface area (TPSA) is 113 Å². The van der Waals surface area contributed by atoms with Gasteiger partial charge in [0.2, 0.25) is 15.9 Å². The van der Waals surface area contributed by atoms with Gasteiger partial charge in [-0.2, -0.15) is 0 Å². The molecule has 1 aliphatic rings. The number of rotatable bonds is 8. The van der Waals surface area contributed by atoms with Crippen molar-refractivity contribution in [3.63, 3.8) is 0 Å². The number of sulfonamides is 1. The number of carboxylic acid groups (broad SMARTS) is 1. The maximum absolute atomic E-state index is 12.5. The highest BCUT2D eigenvalue weighted by Crippen LogP contribution is 2.44. The number of hydrogen-bond donors (Lipinski definition) is 2. The quantitative estimate of drug-likeness (QED) is 0.708. The van der Waals surface area contributed by atoms with E-state index in [4.69, 9.17) is 4.74 Å². The SMILES string of the molecule is CCOc1ccc(NC(=O)CC2(C(=O)O)CCC2)cc1S(=O)(=O)N(C)C. The van der Waals surface area contributed by atoms with Gasteiger partial charge in [-0.1, -0.05) is 6.42 Å². The minimum atomic E-state index is -3.77. The molecule has 26 heavy (non-hydrogen) atoms. The molecule has 9 heteroatoms. The van der Waals surface area contributed by atoms with E-state index in [0.717, 1.165) is 10.7 Å². The number of anilines is 1. The zero-order valence-corrected chi connectivity index (χ0v) is 15.9. The Morgan fingerprint density at radius 1 is 1.31 bits per heavy atom. The molecule has 8 nitrogen and oxygen atoms in total. The fourth-order valence-corrected chi connectivity index (χ4v) is 3.89. The van der Waals surface area contributed by atoms with Crippen molar-refractivity contribution < 1.29 is 27.9 Å². The Hall–Kier alpha value is -2.13. The van der Waals surface area contributed by atoms with Gasteiger partial charge < -0.3 is 15.2 Å². The molecular weight excluding hydrogens is 360 g/mol. The first kappa shape index (κ1) is 20.2. The molecule has 0 bridgehead atoms. The minimum absolute atomic E-state index is 0.0567. The molecule has 2 N–H and O–H groups in total. The van der Waals surface area contributed by atoms with Gasteiger partial charge in [-0.25, -0.2) is 12.7 Å². The molecule has 144 valence electrons. The number of nitrogens with one attached hydrogen (secondary N) is 1. The molecule has 0 unspecified atom stereocenters. The smallest absolute Gasteiger partial charge is 0.310 e. The summed E-state index contributed by atoms with van der Waals surface area (Å²) in [6, 6.07) is 4.34. The van der Waals surface area contributed by atoms with Crippen molar-refractivity contribution in [2.75, 3.05) is 26.0 Å². The minimum Gasteiger partial charge on any atom is -0.492 e. The zero-order chi connectivity index (χ0) is 19.5. The second-order valence-electron chi connectivity index (χ2n) is 6.55. The number of carbonyl (C=O) groups excluding carboxylic acids is 1. The molecule has 2 rings (SSSR count). The van der Waals surface area contributed by atoms with Gasteiger partial charge in [0.05, 0.1) is 12.0 Å². The summed E-state index contributed by atoms with van der Waals surface area (Å²) in [6.45, 7) is 2.04. The number of carboxylic acids is 1. The number of ether oxygens (including phenoxy) is 1. The molecule has 0 heterocycles. The van der Waals surface area contributed by atoms with Gasteiger partial charge >= 0.3 is 5.97 Å². The molecule has 0 saturated heterocycles. The van der Waals surface area contributed by atoms with Crippen LogP contribution in [0.15, 0.2) is 23.1 Å². The fourth-order valence-electron chi connectivity index (χ4n) is 2.84. The van der Waals surface area contributed by atoms with E-state index in [1.807, 2.05) is 0 Å². The molecule has 1 amide bonds. The van der Waals surface area contributed by atoms with Gasteiger partial charge in [0, 0.05) is 26.2 Å². The van der Waals surface area contributed by atoms with Crippen LogP contribution in [0, 0.1) is 5.41 Å². The van der Waals surface area contributed by atoms with Crippen molar-refractivity contribution in [3.05, 3.63) is 18.2 Å². The molecule has 1 aliphatic carbocycles. The van der Waals surface area contributed by atoms with Crippen LogP contribution in [-0.2, 0) is 19.6 Å². The Balaban J connectivity index is 2.25. The number of carbonyl (C=O) groups is 2. The van der Waals surface area contributed by atoms with Crippen LogP contribution in [0.25, 0.3) is 0 Å². The maximum atomic E-state index is 12.5. The monoisotopic (exact) mass is 384 g/mol. The number of hydrogen-bond acceptors (Lipinski definition) is 5. The number of benzene rings is 1. The molecule has 0 atom stereocenters. The molecule has 0 aromatic heterocycles. The lowest BCUT2D eigenvalue weighted by atomic mass is 9.66. The molecule has 0 spiro atoms. The van der Waals surface area contributed by atoms with Crippen LogP contribution in [0.4, 0.5) is 5.69 Å². The Morgan fingerprint density at radius 2 is 1.96 bits per heavy atom. The van der Waals surface area contributed by atoms with Crippen LogP contribution in [0.3, 0.4) is 0 Å². The Labute approximate surface area is 153 Å². The van der Waals surface area contributed by atoms with Crippen LogP contribution in [-0.4, -0.2) is 50.4 Å². The second kappa shape index (κ2) is 7.63. The van der Waals surface area contributed by atoms with E-state index < -0.39 is 27.3 Å². The van der Waals surface area contributed by atoms with Gasteiger partial charge in [-0.15, -0.1) is 0 Å². The summed E-state index contributed by atoms with van der Waals surface area (Å²) in [5, 5.41) is 11.9. The molecule has 0 aliphatic heterocycles. The van der Waals surface area contributed by atoms with Crippen molar-refractivity contribution in [2.24, 2.45) is 5.41 Å². The molecular formula is C17H24N2O6S. The van der Waals surface area contributed by atoms with Crippen LogP contribution >= 0.6 is 0 Å². The average Bonchev–Trinajstić information content (AvgIpc) is 2.52. The number of nitrogens with zero attached hydrogens (tertiary/aromatic N) is 1. The Bertz CT molecular complexity index is 799. The molecule has 1 fully saturated rings. The summed E-state index contributed by atoms with van der Waals surface area (Å²) in [4.78, 5) is 23.6. The number of amides is 1. The predicted octanol–water partition coefficient (Wildman–Crippen LogP) is 1.92. The maximum Gasteiger partial charge on any atom is 0.310 e. The zero-order valence-electron chi connectivity index (χ0n) is 15.1. The summed E-state index contributed by atoms with van der Waals surface area (Å²) in [5.74, 6) is -1.23. The van der Waals surface area contributed by atoms with Crippen molar-refractivity contribution in [2.45, 2.75) is 37.5 Å². The van der Waals surface area contributed by atoms with Crippen LogP contribution in [0.1, 0.15) is 32.6 Å². The van der Waals surface area contributed by atoms with E-state index in [-0.39, 0.29) is 22.8 Å². The Kier molecular flexibility index (Phi) is 5.92. The third kappa shape index (κ3) is 3.99. The van der Waals surface area contributed by atoms with Crippen molar-refractivity contribution in [3.8, 4) is 5.75 Å². The van der Waals surface area contributed by atoms with Gasteiger partial charge in [-0.3, -0.25) is 9.59 Å². The molecule has 1 aromatic carbocycles. The summed E-state index contributed by atoms with van der Waals surface area (Å²) in [6.07, 6.45) is 1.59. The number of aliphatic carboxylic acids is 1. The van der Waals surface area contributed by atoms with Gasteiger partial charge in [-0.05, 0) is 38.0 Å². The van der Waals surface area contributed by atoms with Crippen LogP contribution in [0.5, 0.6) is 5.75 Å². The first-order chi connectivity index (χ1) is 12.1. The van der Waals surface area contributed by atoms with E-state index in [1.165, 1.54) is 32.3 Å². The van der Waals surface area contributed by atoms with E-state index in [0.29, 0.717) is 19.4 Å². The lowest BCUT2D eigenvalue weighted by Crippen LogP contribution is -2.41. The first-order valence-corrected chi connectivity index (χ1v) is 9.79. The van der Waals surface area contributed by atoms with Crippen LogP contribution in [0.2, 0.25) is 0 Å². The highest BCUT2D eigenvalue weighted by atomic mass is 32.2. The third-order valence-corrected chi connectivity index (χ3v) is 6.39. The first-order valence-electron chi connectivity index (χ1n) is 8.35. The van der Waals surface area contributed by atoms with E-state index >= 15 is 0 Å². The highest BCUT2D eigenvalue weighted by molar-refractivity contribution is 7.89. The van der Waals surface area contributed by atoms with Gasteiger partial charge in [0.1, 0.15) is 10.6 Å². The highest BCUT2D eigenvalue weighted by Gasteiger charge is 2.45. The normalized spacial score (nSPS) is 16.0. The summed E-state index contributed by atoms with van der Waals surface area (Å²) >= 11 is 0. The summed E-state index contributed by atoms with van der Waals surface area (Å²) in [7, 11) is -0.955. The standard InChI is InChI=1S/C17H24N2O6S/c1-4-25-13-7-6-12(10-14(13)26(23,24)19(2)3)18-15(20)11-17(16(21)22)8-5-9-17/h6-7,10H,4-5,8-9,11H2,1-3H3,(H,18,20)(H,21,22). The predicted molar refractivity (Wildman–Crippen MR) is 95.7 cm³/mol. The van der Waals surface area contributed by atoms with E-state index in [1.54, 1.807) is 6.92 Å². The molecule has 1 saturated carbocycles. The van der Waals surface area contributed by atoms with Crippen molar-refractivity contribution in [1.82, 2.24) is 4.31 Å². The van der Waals surface area contributed by atoms with Gasteiger partial charge in [0.15, 0.2) is 0 Å².